The van der Waals surface area contributed by atoms with Crippen molar-refractivity contribution in [1.82, 2.24) is 14.9 Å². The minimum absolute atomic E-state index is 0.0893. The second kappa shape index (κ2) is 9.99. The van der Waals surface area contributed by atoms with E-state index in [0.717, 1.165) is 5.57 Å². The largest absolute Gasteiger partial charge is 0.388 e. The molecule has 200 valence electrons. The predicted octanol–water partition coefficient (Wildman–Crippen LogP) is 3.81. The number of aromatic amines is 1. The number of amides is 2. The van der Waals surface area contributed by atoms with Crippen molar-refractivity contribution in [2.24, 2.45) is 5.73 Å². The summed E-state index contributed by atoms with van der Waals surface area (Å²) in [5.41, 5.74) is 8.15. The molecule has 39 heavy (non-hydrogen) atoms. The minimum Gasteiger partial charge on any atom is -0.388 e. The van der Waals surface area contributed by atoms with E-state index in [9.17, 15) is 19.5 Å². The first-order chi connectivity index (χ1) is 18.6. The van der Waals surface area contributed by atoms with Gasteiger partial charge in [0.2, 0.25) is 0 Å². The molecule has 2 aliphatic rings. The van der Waals surface area contributed by atoms with E-state index < -0.39 is 17.9 Å². The van der Waals surface area contributed by atoms with Gasteiger partial charge in [0.15, 0.2) is 5.43 Å². The zero-order valence-electron chi connectivity index (χ0n) is 22.2. The fourth-order valence-electron chi connectivity index (χ4n) is 5.27. The number of H-pyrrole nitrogens is 1. The summed E-state index contributed by atoms with van der Waals surface area (Å²) in [6.45, 7) is 10.3. The number of carbonyl (C=O) groups is 2. The van der Waals surface area contributed by atoms with Gasteiger partial charge in [-0.15, -0.1) is 0 Å². The summed E-state index contributed by atoms with van der Waals surface area (Å²) >= 11 is 0. The smallest absolute Gasteiger partial charge is 0.263 e. The molecule has 1 aliphatic heterocycles. The van der Waals surface area contributed by atoms with Crippen LogP contribution in [0.3, 0.4) is 0 Å². The number of nitrogens with zero attached hydrogens (tertiary/aromatic N) is 3. The molecular formula is C30H31N5O4. The second-order valence-electron chi connectivity index (χ2n) is 10.0. The first kappa shape index (κ1) is 26.1. The number of aromatic nitrogens is 2. The maximum atomic E-state index is 14.0. The van der Waals surface area contributed by atoms with Crippen LogP contribution in [0.5, 0.6) is 0 Å². The van der Waals surface area contributed by atoms with E-state index in [1.807, 2.05) is 39.0 Å². The van der Waals surface area contributed by atoms with Crippen LogP contribution < -0.4 is 16.1 Å². The summed E-state index contributed by atoms with van der Waals surface area (Å²) in [6, 6.07) is 8.44. The topological polar surface area (TPSA) is 133 Å². The van der Waals surface area contributed by atoms with Crippen LogP contribution in [0.2, 0.25) is 0 Å². The molecule has 1 aromatic carbocycles. The van der Waals surface area contributed by atoms with E-state index in [1.165, 1.54) is 11.0 Å². The van der Waals surface area contributed by atoms with Gasteiger partial charge in [0.1, 0.15) is 11.6 Å². The Balaban J connectivity index is 1.88. The quantitative estimate of drug-likeness (QED) is 0.448. The molecule has 3 heterocycles. The third-order valence-electron chi connectivity index (χ3n) is 7.23. The van der Waals surface area contributed by atoms with Crippen molar-refractivity contribution in [3.63, 3.8) is 0 Å². The Bertz CT molecular complexity index is 1650. The van der Waals surface area contributed by atoms with Crippen LogP contribution >= 0.6 is 0 Å². The van der Waals surface area contributed by atoms with Gasteiger partial charge in [-0.2, -0.15) is 0 Å². The lowest BCUT2D eigenvalue weighted by molar-refractivity contribution is 0.0800. The first-order valence-electron chi connectivity index (χ1n) is 13.0. The summed E-state index contributed by atoms with van der Waals surface area (Å²) in [5, 5.41) is 11.1. The summed E-state index contributed by atoms with van der Waals surface area (Å²) in [5.74, 6) is -0.679. The number of primary amides is 1. The van der Waals surface area contributed by atoms with E-state index >= 15 is 0 Å². The van der Waals surface area contributed by atoms with E-state index in [-0.39, 0.29) is 34.6 Å². The number of aliphatic hydroxyl groups is 1. The minimum atomic E-state index is -0.750. The van der Waals surface area contributed by atoms with Crippen molar-refractivity contribution in [3.8, 4) is 11.3 Å². The highest BCUT2D eigenvalue weighted by molar-refractivity contribution is 6.13. The molecule has 9 nitrogen and oxygen atoms in total. The fraction of sp³-hybridized carbons (Fsp3) is 0.267. The molecule has 1 unspecified atom stereocenters. The highest BCUT2D eigenvalue weighted by Crippen LogP contribution is 2.42. The summed E-state index contributed by atoms with van der Waals surface area (Å²) < 4.78 is 0. The Morgan fingerprint density at radius 3 is 2.64 bits per heavy atom. The standard InChI is InChI=1S/C30H31N5O4/c1-5-34-17(4)35(15-18-10-6-9-13-22(18)36)29-26(30(34)39)24(25(28(31)38)27(33-29)16(2)3)21-14-23(37)19-11-7-8-12-20(19)32-21/h6-12,14,16,22,36H,4-5,13,15H2,1-3H3,(H2,31,38)(H,32,37). The third kappa shape index (κ3) is 4.34. The molecular weight excluding hydrogens is 494 g/mol. The fourth-order valence-corrected chi connectivity index (χ4v) is 5.27. The number of para-hydroxylation sites is 1. The summed E-state index contributed by atoms with van der Waals surface area (Å²) in [4.78, 5) is 51.6. The normalized spacial score (nSPS) is 17.2. The Kier molecular flexibility index (Phi) is 6.69. The number of hydrogen-bond donors (Lipinski definition) is 3. The monoisotopic (exact) mass is 525 g/mol. The van der Waals surface area contributed by atoms with Crippen LogP contribution in [0.25, 0.3) is 22.2 Å². The first-order valence-corrected chi connectivity index (χ1v) is 13.0. The maximum Gasteiger partial charge on any atom is 0.263 e. The van der Waals surface area contributed by atoms with Crippen molar-refractivity contribution in [1.29, 1.82) is 0 Å². The number of rotatable bonds is 6. The lowest BCUT2D eigenvalue weighted by atomic mass is 9.90. The summed E-state index contributed by atoms with van der Waals surface area (Å²) in [7, 11) is 0. The molecule has 2 aromatic heterocycles. The van der Waals surface area contributed by atoms with Crippen molar-refractivity contribution < 1.29 is 14.7 Å². The van der Waals surface area contributed by atoms with Gasteiger partial charge >= 0.3 is 0 Å². The van der Waals surface area contributed by atoms with Crippen LogP contribution in [-0.2, 0) is 0 Å². The van der Waals surface area contributed by atoms with Gasteiger partial charge in [-0.25, -0.2) is 4.98 Å². The van der Waals surface area contributed by atoms with E-state index in [0.29, 0.717) is 46.9 Å². The molecule has 0 saturated heterocycles. The number of allylic oxidation sites excluding steroid dienone is 2. The molecule has 0 saturated carbocycles. The number of hydrogen-bond acceptors (Lipinski definition) is 6. The number of pyridine rings is 2. The van der Waals surface area contributed by atoms with E-state index in [2.05, 4.69) is 11.6 Å². The zero-order chi connectivity index (χ0) is 28.0. The number of aliphatic hydroxyl groups excluding tert-OH is 1. The van der Waals surface area contributed by atoms with Gasteiger partial charge in [-0.1, -0.05) is 50.8 Å². The SMILES string of the molecule is C=C1N(CC)C(=O)c2c(nc(C(C)C)c(C(N)=O)c2-c2cc(=O)c3ccccc3[nH]2)N1CC1=CC=CCC1O. The van der Waals surface area contributed by atoms with Crippen LogP contribution in [0.4, 0.5) is 5.82 Å². The average molecular weight is 526 g/mol. The van der Waals surface area contributed by atoms with Crippen LogP contribution in [0, 0.1) is 0 Å². The van der Waals surface area contributed by atoms with Gasteiger partial charge < -0.3 is 20.7 Å². The molecule has 1 aliphatic carbocycles. The third-order valence-corrected chi connectivity index (χ3v) is 7.23. The van der Waals surface area contributed by atoms with Gasteiger partial charge in [0.25, 0.3) is 11.8 Å². The molecule has 1 atom stereocenters. The molecule has 5 rings (SSSR count). The van der Waals surface area contributed by atoms with Crippen LogP contribution in [0.1, 0.15) is 59.5 Å². The van der Waals surface area contributed by atoms with Gasteiger partial charge in [0.05, 0.1) is 28.6 Å². The van der Waals surface area contributed by atoms with Gasteiger partial charge in [-0.05, 0) is 37.0 Å². The molecule has 0 fully saturated rings. The molecule has 4 N–H and O–H groups in total. The number of carbonyl (C=O) groups excluding carboxylic acids is 2. The number of fused-ring (bicyclic) bond motifs is 2. The Morgan fingerprint density at radius 2 is 1.97 bits per heavy atom. The highest BCUT2D eigenvalue weighted by Gasteiger charge is 2.39. The molecule has 0 radical (unpaired) electrons. The highest BCUT2D eigenvalue weighted by atomic mass is 16.3. The van der Waals surface area contributed by atoms with Gasteiger partial charge in [-0.3, -0.25) is 19.3 Å². The van der Waals surface area contributed by atoms with Gasteiger partial charge in [0, 0.05) is 35.6 Å². The molecule has 0 bridgehead atoms. The zero-order valence-corrected chi connectivity index (χ0v) is 22.2. The second-order valence-corrected chi connectivity index (χ2v) is 10.0. The molecule has 2 amide bonds. The number of anilines is 1. The van der Waals surface area contributed by atoms with Crippen molar-refractivity contribution in [3.05, 3.63) is 93.6 Å². The molecule has 3 aromatic rings. The lowest BCUT2D eigenvalue weighted by Gasteiger charge is -2.40. The molecule has 9 heteroatoms. The van der Waals surface area contributed by atoms with E-state index in [1.54, 1.807) is 29.2 Å². The average Bonchev–Trinajstić information content (AvgIpc) is 2.91. The Morgan fingerprint density at radius 1 is 1.23 bits per heavy atom. The molecule has 0 spiro atoms. The predicted molar refractivity (Wildman–Crippen MR) is 151 cm³/mol. The van der Waals surface area contributed by atoms with Crippen LogP contribution in [-0.4, -0.2) is 51.0 Å². The Labute approximate surface area is 226 Å². The Hall–Kier alpha value is -4.50. The lowest BCUT2D eigenvalue weighted by Crippen LogP contribution is -2.46. The number of benzene rings is 1. The van der Waals surface area contributed by atoms with Crippen molar-refractivity contribution in [2.75, 3.05) is 18.0 Å². The van der Waals surface area contributed by atoms with E-state index in [4.69, 9.17) is 10.7 Å². The maximum absolute atomic E-state index is 14.0. The van der Waals surface area contributed by atoms with Crippen molar-refractivity contribution >= 4 is 28.5 Å². The van der Waals surface area contributed by atoms with Crippen LogP contribution in [0.15, 0.2) is 71.3 Å². The summed E-state index contributed by atoms with van der Waals surface area (Å²) in [6.07, 6.45) is 5.40. The number of nitrogens with two attached hydrogens (primary N) is 1. The number of nitrogens with one attached hydrogen (secondary N) is 1. The van der Waals surface area contributed by atoms with Crippen molar-refractivity contribution in [2.45, 2.75) is 39.2 Å².